The van der Waals surface area contributed by atoms with E-state index in [1.807, 2.05) is 0 Å². The largest absolute Gasteiger partial charge is 0.375 e. The predicted octanol–water partition coefficient (Wildman–Crippen LogP) is 3.65. The van der Waals surface area contributed by atoms with Crippen LogP contribution in [0.4, 0.5) is 0 Å². The molecule has 4 heteroatoms. The fourth-order valence-electron chi connectivity index (χ4n) is 2.99. The molecule has 4 nitrogen and oxygen atoms in total. The van der Waals surface area contributed by atoms with E-state index >= 15 is 0 Å². The molecule has 0 aliphatic heterocycles. The van der Waals surface area contributed by atoms with Gasteiger partial charge in [0.1, 0.15) is 17.6 Å². The van der Waals surface area contributed by atoms with Gasteiger partial charge in [-0.1, -0.05) is 44.2 Å². The van der Waals surface area contributed by atoms with Gasteiger partial charge in [-0.05, 0) is 36.1 Å². The van der Waals surface area contributed by atoms with Gasteiger partial charge in [0.15, 0.2) is 0 Å². The highest BCUT2D eigenvalue weighted by Crippen LogP contribution is 2.22. The minimum atomic E-state index is 0.872. The number of hydrogen-bond acceptors (Lipinski definition) is 2. The molecule has 0 saturated carbocycles. The molecule has 1 aromatic carbocycles. The van der Waals surface area contributed by atoms with Crippen LogP contribution in [0.1, 0.15) is 38.1 Å². The first-order valence-electron chi connectivity index (χ1n) is 8.33. The van der Waals surface area contributed by atoms with Gasteiger partial charge < -0.3 is 0 Å². The molecular weight excluding hydrogens is 284 g/mol. The number of H-pyrrole nitrogens is 1. The number of benzene rings is 1. The molecule has 23 heavy (non-hydrogen) atoms. The number of aryl methyl sites for hydroxylation is 2. The zero-order chi connectivity index (χ0) is 16.1. The van der Waals surface area contributed by atoms with Crippen LogP contribution in [-0.4, -0.2) is 15.4 Å². The van der Waals surface area contributed by atoms with Crippen molar-refractivity contribution in [3.05, 3.63) is 60.0 Å². The summed E-state index contributed by atoms with van der Waals surface area (Å²) in [6.07, 6.45) is 6.03. The van der Waals surface area contributed by atoms with Crippen molar-refractivity contribution in [3.63, 3.8) is 0 Å². The van der Waals surface area contributed by atoms with Crippen LogP contribution in [0.25, 0.3) is 16.9 Å². The zero-order valence-corrected chi connectivity index (χ0v) is 13.8. The molecule has 0 aliphatic rings. The summed E-state index contributed by atoms with van der Waals surface area (Å²) >= 11 is 0. The Morgan fingerprint density at radius 1 is 0.913 bits per heavy atom. The van der Waals surface area contributed by atoms with E-state index in [-0.39, 0.29) is 0 Å². The van der Waals surface area contributed by atoms with Gasteiger partial charge in [0.2, 0.25) is 0 Å². The lowest BCUT2D eigenvalue weighted by Crippen LogP contribution is -2.41. The normalized spacial score (nSPS) is 10.9. The van der Waals surface area contributed by atoms with Crippen LogP contribution in [0.2, 0.25) is 0 Å². The average molecular weight is 307 g/mol. The summed E-state index contributed by atoms with van der Waals surface area (Å²) in [6.45, 7) is 4.42. The van der Waals surface area contributed by atoms with Gasteiger partial charge in [-0.15, -0.1) is 10.3 Å². The SMILES string of the molecule is CCCc1cc(-c2ccccc2)cc(CCC)[n+]1-c1cn[nH]n1. The molecule has 1 N–H and O–H groups in total. The van der Waals surface area contributed by atoms with Gasteiger partial charge in [-0.3, -0.25) is 0 Å². The monoisotopic (exact) mass is 307 g/mol. The van der Waals surface area contributed by atoms with Gasteiger partial charge in [-0.25, -0.2) is 0 Å². The molecule has 2 aromatic heterocycles. The highest BCUT2D eigenvalue weighted by atomic mass is 15.4. The summed E-state index contributed by atoms with van der Waals surface area (Å²) < 4.78 is 2.25. The molecule has 0 bridgehead atoms. The van der Waals surface area contributed by atoms with E-state index < -0.39 is 0 Å². The van der Waals surface area contributed by atoms with Gasteiger partial charge in [0.05, 0.1) is 5.10 Å². The third-order valence-corrected chi connectivity index (χ3v) is 3.97. The number of pyridine rings is 1. The number of aromatic nitrogens is 4. The highest BCUT2D eigenvalue weighted by Gasteiger charge is 2.20. The minimum Gasteiger partial charge on any atom is -0.194 e. The minimum absolute atomic E-state index is 0.872. The Hall–Kier alpha value is -2.49. The summed E-state index contributed by atoms with van der Waals surface area (Å²) in [5, 5.41) is 11.0. The van der Waals surface area contributed by atoms with E-state index in [2.05, 4.69) is 76.3 Å². The summed E-state index contributed by atoms with van der Waals surface area (Å²) in [5.74, 6) is 0.872. The average Bonchev–Trinajstić information content (AvgIpc) is 3.10. The van der Waals surface area contributed by atoms with Gasteiger partial charge in [0.25, 0.3) is 0 Å². The Bertz CT molecular complexity index is 721. The third kappa shape index (κ3) is 3.31. The topological polar surface area (TPSA) is 45.5 Å². The maximum Gasteiger partial charge on any atom is 0.375 e. The van der Waals surface area contributed by atoms with Crippen molar-refractivity contribution in [3.8, 4) is 16.9 Å². The van der Waals surface area contributed by atoms with Gasteiger partial charge in [0, 0.05) is 12.8 Å². The van der Waals surface area contributed by atoms with Crippen molar-refractivity contribution >= 4 is 0 Å². The smallest absolute Gasteiger partial charge is 0.194 e. The molecular formula is C19H23N4+. The quantitative estimate of drug-likeness (QED) is 0.706. The molecule has 118 valence electrons. The lowest BCUT2D eigenvalue weighted by molar-refractivity contribution is -0.616. The van der Waals surface area contributed by atoms with Crippen molar-refractivity contribution in [2.24, 2.45) is 0 Å². The Kier molecular flexibility index (Phi) is 4.81. The second kappa shape index (κ2) is 7.18. The van der Waals surface area contributed by atoms with Gasteiger partial charge >= 0.3 is 5.82 Å². The molecule has 3 rings (SSSR count). The van der Waals surface area contributed by atoms with E-state index in [0.29, 0.717) is 0 Å². The lowest BCUT2D eigenvalue weighted by atomic mass is 10.0. The molecule has 0 aliphatic carbocycles. The molecule has 0 spiro atoms. The fraction of sp³-hybridized carbons (Fsp3) is 0.316. The van der Waals surface area contributed by atoms with Crippen molar-refractivity contribution < 1.29 is 4.57 Å². The summed E-state index contributed by atoms with van der Waals surface area (Å²) in [6, 6.07) is 15.1. The number of nitrogens with zero attached hydrogens (tertiary/aromatic N) is 3. The Morgan fingerprint density at radius 2 is 1.57 bits per heavy atom. The van der Waals surface area contributed by atoms with Crippen molar-refractivity contribution in [1.29, 1.82) is 0 Å². The van der Waals surface area contributed by atoms with Crippen LogP contribution in [0.15, 0.2) is 48.7 Å². The molecule has 0 saturated heterocycles. The number of rotatable bonds is 6. The van der Waals surface area contributed by atoms with Crippen LogP contribution in [0, 0.1) is 0 Å². The van der Waals surface area contributed by atoms with Crippen LogP contribution < -0.4 is 4.57 Å². The zero-order valence-electron chi connectivity index (χ0n) is 13.8. The molecule has 2 heterocycles. The van der Waals surface area contributed by atoms with E-state index in [1.54, 1.807) is 6.20 Å². The van der Waals surface area contributed by atoms with Crippen LogP contribution >= 0.6 is 0 Å². The van der Waals surface area contributed by atoms with Crippen molar-refractivity contribution in [2.45, 2.75) is 39.5 Å². The third-order valence-electron chi connectivity index (χ3n) is 3.97. The highest BCUT2D eigenvalue weighted by molar-refractivity contribution is 5.63. The van der Waals surface area contributed by atoms with Crippen molar-refractivity contribution in [2.75, 3.05) is 0 Å². The predicted molar refractivity (Wildman–Crippen MR) is 91.3 cm³/mol. The first-order valence-corrected chi connectivity index (χ1v) is 8.33. The van der Waals surface area contributed by atoms with E-state index in [9.17, 15) is 0 Å². The van der Waals surface area contributed by atoms with Gasteiger partial charge in [-0.2, -0.15) is 4.57 Å². The first-order chi connectivity index (χ1) is 11.3. The van der Waals surface area contributed by atoms with E-state index in [4.69, 9.17) is 0 Å². The van der Waals surface area contributed by atoms with Crippen LogP contribution in [-0.2, 0) is 12.8 Å². The first kappa shape index (κ1) is 15.4. The summed E-state index contributed by atoms with van der Waals surface area (Å²) in [4.78, 5) is 0. The molecule has 3 aromatic rings. The van der Waals surface area contributed by atoms with Crippen LogP contribution in [0.5, 0.6) is 0 Å². The maximum absolute atomic E-state index is 4.30. The molecule has 0 atom stereocenters. The second-order valence-electron chi connectivity index (χ2n) is 5.76. The number of aromatic amines is 1. The Labute approximate surface area is 137 Å². The second-order valence-corrected chi connectivity index (χ2v) is 5.76. The summed E-state index contributed by atoms with van der Waals surface area (Å²) in [7, 11) is 0. The maximum atomic E-state index is 4.30. The van der Waals surface area contributed by atoms with E-state index in [1.165, 1.54) is 22.5 Å². The van der Waals surface area contributed by atoms with Crippen molar-refractivity contribution in [1.82, 2.24) is 15.4 Å². The Balaban J connectivity index is 2.18. The molecule has 0 fully saturated rings. The summed E-state index contributed by atoms with van der Waals surface area (Å²) in [5.41, 5.74) is 5.10. The standard InChI is InChI=1S/C19H23N4/c1-3-8-17-12-16(15-10-6-5-7-11-15)13-18(9-4-2)23(17)19-14-20-22-21-19/h5-7,10-14H,3-4,8-9H2,1-2H3,(H,20,21,22)/q+1. The number of hydrogen-bond donors (Lipinski definition) is 1. The molecule has 0 unspecified atom stereocenters. The molecule has 0 radical (unpaired) electrons. The lowest BCUT2D eigenvalue weighted by Gasteiger charge is -2.12. The fourth-order valence-corrected chi connectivity index (χ4v) is 2.99. The van der Waals surface area contributed by atoms with Crippen LogP contribution in [0.3, 0.4) is 0 Å². The van der Waals surface area contributed by atoms with E-state index in [0.717, 1.165) is 31.5 Å². The molecule has 0 amide bonds. The Morgan fingerprint density at radius 3 is 2.09 bits per heavy atom. The number of nitrogens with one attached hydrogen (secondary N) is 1.